The molecule has 3 aliphatic rings. The number of benzene rings is 1. The monoisotopic (exact) mass is 666 g/mol. The molecule has 2 aliphatic heterocycles. The number of hydrogen-bond donors (Lipinski definition) is 1. The van der Waals surface area contributed by atoms with E-state index in [9.17, 15) is 0 Å². The summed E-state index contributed by atoms with van der Waals surface area (Å²) in [4.78, 5) is 15.6. The maximum Gasteiger partial charge on any atom is 0.193 e. The lowest BCUT2D eigenvalue weighted by atomic mass is 9.92. The van der Waals surface area contributed by atoms with Gasteiger partial charge >= 0.3 is 0 Å². The molecular formula is C32H37Cl2FN8OSi. The lowest BCUT2D eigenvalue weighted by molar-refractivity contribution is 0.154. The van der Waals surface area contributed by atoms with E-state index in [1.807, 2.05) is 18.5 Å². The second-order valence-electron chi connectivity index (χ2n) is 13.9. The van der Waals surface area contributed by atoms with E-state index in [0.717, 1.165) is 54.0 Å². The van der Waals surface area contributed by atoms with Gasteiger partial charge in [0.1, 0.15) is 17.8 Å². The minimum Gasteiger partial charge on any atom is -0.406 e. The van der Waals surface area contributed by atoms with Gasteiger partial charge in [-0.05, 0) is 84.4 Å². The van der Waals surface area contributed by atoms with Crippen LogP contribution >= 0.6 is 23.2 Å². The highest BCUT2D eigenvalue weighted by atomic mass is 35.5. The molecule has 1 aliphatic carbocycles. The third-order valence-corrected chi connectivity index (χ3v) is 15.3. The Hall–Kier alpha value is -2.96. The lowest BCUT2D eigenvalue weighted by Gasteiger charge is -2.39. The van der Waals surface area contributed by atoms with E-state index in [4.69, 9.17) is 37.6 Å². The zero-order valence-corrected chi connectivity index (χ0v) is 28.6. The zero-order valence-electron chi connectivity index (χ0n) is 26.1. The average Bonchev–Trinajstić information content (AvgIpc) is 3.39. The van der Waals surface area contributed by atoms with Gasteiger partial charge in [-0.2, -0.15) is 4.68 Å². The summed E-state index contributed by atoms with van der Waals surface area (Å²) < 4.78 is 23.8. The van der Waals surface area contributed by atoms with Crippen LogP contribution in [0.2, 0.25) is 28.2 Å². The summed E-state index contributed by atoms with van der Waals surface area (Å²) in [5, 5.41) is 12.2. The minimum absolute atomic E-state index is 0.0784. The van der Waals surface area contributed by atoms with E-state index in [1.54, 1.807) is 6.07 Å². The van der Waals surface area contributed by atoms with Crippen LogP contribution in [-0.2, 0) is 10.0 Å². The average molecular weight is 668 g/mol. The van der Waals surface area contributed by atoms with Crippen molar-refractivity contribution in [1.82, 2.24) is 40.1 Å². The second kappa shape index (κ2) is 11.1. The first-order chi connectivity index (χ1) is 21.4. The number of hydrogen-bond acceptors (Lipinski definition) is 7. The number of rotatable bonds is 7. The van der Waals surface area contributed by atoms with Gasteiger partial charge in [-0.15, -0.1) is 5.10 Å². The maximum atomic E-state index is 15.5. The fourth-order valence-electron chi connectivity index (χ4n) is 6.55. The Labute approximate surface area is 273 Å². The van der Waals surface area contributed by atoms with Crippen molar-refractivity contribution < 1.29 is 8.82 Å². The molecule has 1 saturated heterocycles. The molecule has 1 aromatic carbocycles. The SMILES string of the molecule is CC(C)(C)[Si](C)(C)OC1(c2nccc(-c3cnc(C4CC[C@@H]5CC(c6c(-n7cnnn7)ccc(Cl)c6F)=CCN45)[nH]3)c2Cl)CC1. The summed E-state index contributed by atoms with van der Waals surface area (Å²) in [6.45, 7) is 12.0. The molecule has 0 spiro atoms. The largest absolute Gasteiger partial charge is 0.406 e. The van der Waals surface area contributed by atoms with Crippen molar-refractivity contribution in [2.45, 2.75) is 88.7 Å². The molecule has 45 heavy (non-hydrogen) atoms. The Morgan fingerprint density at radius 2 is 1.91 bits per heavy atom. The topological polar surface area (TPSA) is 97.6 Å². The molecule has 1 saturated carbocycles. The highest BCUT2D eigenvalue weighted by molar-refractivity contribution is 6.74. The molecule has 1 unspecified atom stereocenters. The minimum atomic E-state index is -2.03. The first kappa shape index (κ1) is 30.7. The van der Waals surface area contributed by atoms with Crippen molar-refractivity contribution in [1.29, 1.82) is 0 Å². The Balaban J connectivity index is 1.13. The quantitative estimate of drug-likeness (QED) is 0.200. The maximum absolute atomic E-state index is 15.5. The molecule has 13 heteroatoms. The number of tetrazole rings is 1. The van der Waals surface area contributed by atoms with Crippen LogP contribution in [0, 0.1) is 5.82 Å². The summed E-state index contributed by atoms with van der Waals surface area (Å²) in [6, 6.07) is 5.59. The van der Waals surface area contributed by atoms with Crippen molar-refractivity contribution in [2.75, 3.05) is 6.54 Å². The van der Waals surface area contributed by atoms with Gasteiger partial charge in [0.2, 0.25) is 0 Å². The zero-order chi connectivity index (χ0) is 31.7. The van der Waals surface area contributed by atoms with Gasteiger partial charge in [0.15, 0.2) is 14.1 Å². The van der Waals surface area contributed by atoms with E-state index in [1.165, 1.54) is 17.1 Å². The van der Waals surface area contributed by atoms with Gasteiger partial charge in [0.25, 0.3) is 0 Å². The fourth-order valence-corrected chi connectivity index (χ4v) is 8.67. The molecule has 0 radical (unpaired) electrons. The Morgan fingerprint density at radius 1 is 1.11 bits per heavy atom. The van der Waals surface area contributed by atoms with Crippen molar-refractivity contribution >= 4 is 37.1 Å². The van der Waals surface area contributed by atoms with E-state index in [0.29, 0.717) is 29.2 Å². The van der Waals surface area contributed by atoms with Gasteiger partial charge in [0, 0.05) is 29.9 Å². The number of pyridine rings is 1. The number of nitrogens with one attached hydrogen (secondary N) is 1. The molecule has 2 atom stereocenters. The van der Waals surface area contributed by atoms with Crippen LogP contribution in [0.4, 0.5) is 4.39 Å². The van der Waals surface area contributed by atoms with Gasteiger partial charge < -0.3 is 9.41 Å². The molecule has 2 fully saturated rings. The number of imidazole rings is 1. The number of fused-ring (bicyclic) bond motifs is 1. The van der Waals surface area contributed by atoms with Gasteiger partial charge in [-0.3, -0.25) is 9.88 Å². The first-order valence-electron chi connectivity index (χ1n) is 15.5. The van der Waals surface area contributed by atoms with Crippen LogP contribution in [0.25, 0.3) is 22.5 Å². The fraction of sp³-hybridized carbons (Fsp3) is 0.469. The van der Waals surface area contributed by atoms with E-state index >= 15 is 4.39 Å². The summed E-state index contributed by atoms with van der Waals surface area (Å²) in [7, 11) is -2.03. The molecule has 236 valence electrons. The van der Waals surface area contributed by atoms with Crippen molar-refractivity contribution in [3.8, 4) is 16.9 Å². The second-order valence-corrected chi connectivity index (χ2v) is 19.5. The third-order valence-electron chi connectivity index (χ3n) is 10.1. The smallest absolute Gasteiger partial charge is 0.193 e. The summed E-state index contributed by atoms with van der Waals surface area (Å²) in [5.74, 6) is 0.451. The number of nitrogens with zero attached hydrogens (tertiary/aromatic N) is 7. The number of aromatic nitrogens is 7. The molecule has 3 aromatic heterocycles. The summed E-state index contributed by atoms with van der Waals surface area (Å²) in [6.07, 6.45) is 11.7. The van der Waals surface area contributed by atoms with Crippen LogP contribution in [0.5, 0.6) is 0 Å². The Kier molecular flexibility index (Phi) is 7.56. The molecule has 9 nitrogen and oxygen atoms in total. The highest BCUT2D eigenvalue weighted by Gasteiger charge is 2.54. The van der Waals surface area contributed by atoms with Crippen LogP contribution < -0.4 is 0 Å². The van der Waals surface area contributed by atoms with Crippen molar-refractivity contribution in [2.24, 2.45) is 0 Å². The molecule has 4 aromatic rings. The lowest BCUT2D eigenvalue weighted by Crippen LogP contribution is -2.44. The number of halogens is 3. The van der Waals surface area contributed by atoms with E-state index < -0.39 is 19.7 Å². The normalized spacial score (nSPS) is 21.6. The predicted molar refractivity (Wildman–Crippen MR) is 175 cm³/mol. The van der Waals surface area contributed by atoms with Gasteiger partial charge in [-0.1, -0.05) is 50.0 Å². The van der Waals surface area contributed by atoms with Crippen molar-refractivity contribution in [3.63, 3.8) is 0 Å². The molecule has 0 amide bonds. The standard InChI is InChI=1S/C32H37Cl2FN8OSi/c1-31(2,3)45(4,5)44-32(12-13-32)29-27(34)21(10-14-36-29)23-17-37-30(39-23)25-8-6-20-16-19(11-15-42(20)25)26-24(43-18-38-40-41-43)9-7-22(33)28(26)35/h7,9-11,14,17-18,20,25H,6,8,12-13,15-16H2,1-5H3,(H,37,39)/t20-,25?/m1/s1. The third kappa shape index (κ3) is 5.36. The van der Waals surface area contributed by atoms with Crippen LogP contribution in [0.15, 0.2) is 43.0 Å². The summed E-state index contributed by atoms with van der Waals surface area (Å²) in [5.41, 5.74) is 4.09. The van der Waals surface area contributed by atoms with E-state index in [-0.39, 0.29) is 22.1 Å². The molecule has 7 rings (SSSR count). The Morgan fingerprint density at radius 3 is 2.62 bits per heavy atom. The van der Waals surface area contributed by atoms with Crippen LogP contribution in [0.1, 0.15) is 76.0 Å². The first-order valence-corrected chi connectivity index (χ1v) is 19.1. The number of aromatic amines is 1. The number of H-pyrrole nitrogens is 1. The van der Waals surface area contributed by atoms with Crippen LogP contribution in [-0.4, -0.2) is 61.0 Å². The van der Waals surface area contributed by atoms with Crippen molar-refractivity contribution in [3.05, 3.63) is 75.9 Å². The van der Waals surface area contributed by atoms with Gasteiger partial charge in [0.05, 0.1) is 39.4 Å². The van der Waals surface area contributed by atoms with E-state index in [2.05, 4.69) is 65.4 Å². The molecular weight excluding hydrogens is 630 g/mol. The predicted octanol–water partition coefficient (Wildman–Crippen LogP) is 7.90. The van der Waals surface area contributed by atoms with Crippen LogP contribution in [0.3, 0.4) is 0 Å². The summed E-state index contributed by atoms with van der Waals surface area (Å²) >= 11 is 13.3. The van der Waals surface area contributed by atoms with Gasteiger partial charge in [-0.25, -0.2) is 9.37 Å². The Bertz CT molecular complexity index is 1780. The molecule has 1 N–H and O–H groups in total. The molecule has 5 heterocycles. The highest BCUT2D eigenvalue weighted by Crippen LogP contribution is 2.56. The molecule has 0 bridgehead atoms.